The molecule has 0 aliphatic heterocycles. The highest BCUT2D eigenvalue weighted by atomic mass is 32.1. The van der Waals surface area contributed by atoms with Crippen LogP contribution in [0.25, 0.3) is 0 Å². The monoisotopic (exact) mass is 399 g/mol. The summed E-state index contributed by atoms with van der Waals surface area (Å²) >= 11 is 0.995. The van der Waals surface area contributed by atoms with E-state index in [1.165, 1.54) is 0 Å². The van der Waals surface area contributed by atoms with Crippen LogP contribution >= 0.6 is 11.3 Å². The number of thiophene rings is 1. The standard InChI is InChI=1S/C17H25N3O6S/c1-5-20(6-2)15(23)13-10(4)12(16(24)26-7-3)14(27-13)19-17(25)18-9-8-11(21)22/h5-9H2,1-4H3,(H,21,22)(H2,18,19,25). The van der Waals surface area contributed by atoms with Crippen molar-refractivity contribution in [2.75, 3.05) is 31.6 Å². The van der Waals surface area contributed by atoms with E-state index in [9.17, 15) is 19.2 Å². The highest BCUT2D eigenvalue weighted by molar-refractivity contribution is 7.18. The number of nitrogens with zero attached hydrogens (tertiary/aromatic N) is 1. The number of carboxylic acid groups (broad SMARTS) is 1. The lowest BCUT2D eigenvalue weighted by atomic mass is 10.1. The number of esters is 1. The first-order valence-electron chi connectivity index (χ1n) is 8.63. The summed E-state index contributed by atoms with van der Waals surface area (Å²) in [5, 5.41) is 13.7. The van der Waals surface area contributed by atoms with Gasteiger partial charge in [-0.05, 0) is 33.3 Å². The lowest BCUT2D eigenvalue weighted by molar-refractivity contribution is -0.136. The molecule has 9 nitrogen and oxygen atoms in total. The van der Waals surface area contributed by atoms with Gasteiger partial charge in [-0.2, -0.15) is 0 Å². The summed E-state index contributed by atoms with van der Waals surface area (Å²) in [6, 6.07) is -0.662. The van der Waals surface area contributed by atoms with E-state index < -0.39 is 18.0 Å². The average Bonchev–Trinajstić information content (AvgIpc) is 2.91. The summed E-state index contributed by atoms with van der Waals surface area (Å²) in [5.74, 6) is -1.90. The van der Waals surface area contributed by atoms with E-state index in [1.807, 2.05) is 13.8 Å². The maximum atomic E-state index is 12.7. The Morgan fingerprint density at radius 1 is 1.15 bits per heavy atom. The minimum Gasteiger partial charge on any atom is -0.481 e. The molecule has 1 rings (SSSR count). The number of hydrogen-bond acceptors (Lipinski definition) is 6. The molecule has 0 spiro atoms. The summed E-state index contributed by atoms with van der Waals surface area (Å²) in [5.41, 5.74) is 0.571. The van der Waals surface area contributed by atoms with Crippen molar-refractivity contribution in [3.8, 4) is 0 Å². The van der Waals surface area contributed by atoms with Crippen molar-refractivity contribution in [2.45, 2.75) is 34.1 Å². The first kappa shape index (κ1) is 22.4. The van der Waals surface area contributed by atoms with E-state index >= 15 is 0 Å². The molecule has 0 aromatic carbocycles. The van der Waals surface area contributed by atoms with E-state index in [0.717, 1.165) is 11.3 Å². The Bertz CT molecular complexity index is 712. The van der Waals surface area contributed by atoms with E-state index in [2.05, 4.69) is 10.6 Å². The first-order valence-corrected chi connectivity index (χ1v) is 9.44. The number of aliphatic carboxylic acids is 1. The SMILES string of the molecule is CCOC(=O)c1c(NC(=O)NCCC(=O)O)sc(C(=O)N(CC)CC)c1C. The van der Waals surface area contributed by atoms with Gasteiger partial charge in [0.05, 0.1) is 23.5 Å². The number of carbonyl (C=O) groups excluding carboxylic acids is 3. The van der Waals surface area contributed by atoms with E-state index in [-0.39, 0.29) is 36.0 Å². The Labute approximate surface area is 161 Å². The molecule has 0 atom stereocenters. The number of rotatable bonds is 9. The van der Waals surface area contributed by atoms with Gasteiger partial charge in [-0.3, -0.25) is 14.9 Å². The van der Waals surface area contributed by atoms with Gasteiger partial charge >= 0.3 is 18.0 Å². The molecular formula is C17H25N3O6S. The molecule has 0 aliphatic carbocycles. The number of carboxylic acids is 1. The van der Waals surface area contributed by atoms with Crippen molar-refractivity contribution in [3.05, 3.63) is 16.0 Å². The number of amides is 3. The Morgan fingerprint density at radius 2 is 1.78 bits per heavy atom. The van der Waals surface area contributed by atoms with Crippen molar-refractivity contribution in [1.29, 1.82) is 0 Å². The summed E-state index contributed by atoms with van der Waals surface area (Å²) in [7, 11) is 0. The summed E-state index contributed by atoms with van der Waals surface area (Å²) in [4.78, 5) is 49.5. The molecule has 1 heterocycles. The second kappa shape index (κ2) is 10.5. The lowest BCUT2D eigenvalue weighted by Gasteiger charge is -2.18. The molecule has 1 aromatic rings. The predicted octanol–water partition coefficient (Wildman–Crippen LogP) is 2.31. The highest BCUT2D eigenvalue weighted by Crippen LogP contribution is 2.34. The number of hydrogen-bond donors (Lipinski definition) is 3. The Hall–Kier alpha value is -2.62. The average molecular weight is 399 g/mol. The second-order valence-corrected chi connectivity index (χ2v) is 6.50. The molecule has 10 heteroatoms. The van der Waals surface area contributed by atoms with Crippen molar-refractivity contribution in [2.24, 2.45) is 0 Å². The molecule has 0 saturated carbocycles. The molecule has 0 radical (unpaired) electrons. The Kier molecular flexibility index (Phi) is 8.73. The van der Waals surface area contributed by atoms with Gasteiger partial charge in [0.1, 0.15) is 5.00 Å². The van der Waals surface area contributed by atoms with E-state index in [4.69, 9.17) is 9.84 Å². The van der Waals surface area contributed by atoms with Crippen LogP contribution in [0.3, 0.4) is 0 Å². The van der Waals surface area contributed by atoms with E-state index in [0.29, 0.717) is 23.5 Å². The van der Waals surface area contributed by atoms with Crippen molar-refractivity contribution in [3.63, 3.8) is 0 Å². The largest absolute Gasteiger partial charge is 0.481 e. The van der Waals surface area contributed by atoms with Crippen LogP contribution in [-0.2, 0) is 9.53 Å². The summed E-state index contributed by atoms with van der Waals surface area (Å²) in [6.07, 6.45) is -0.229. The van der Waals surface area contributed by atoms with Gasteiger partial charge in [0.25, 0.3) is 5.91 Å². The number of anilines is 1. The third kappa shape index (κ3) is 5.95. The maximum absolute atomic E-state index is 12.7. The molecule has 27 heavy (non-hydrogen) atoms. The summed E-state index contributed by atoms with van der Waals surface area (Å²) < 4.78 is 5.04. The normalized spacial score (nSPS) is 10.2. The Morgan fingerprint density at radius 3 is 2.30 bits per heavy atom. The number of urea groups is 1. The number of nitrogens with one attached hydrogen (secondary N) is 2. The third-order valence-electron chi connectivity index (χ3n) is 3.72. The van der Waals surface area contributed by atoms with Crippen LogP contribution in [0.2, 0.25) is 0 Å². The molecule has 0 saturated heterocycles. The van der Waals surface area contributed by atoms with Crippen LogP contribution in [0, 0.1) is 6.92 Å². The van der Waals surface area contributed by atoms with Crippen molar-refractivity contribution < 1.29 is 29.0 Å². The van der Waals surface area contributed by atoms with Crippen LogP contribution in [0.4, 0.5) is 9.80 Å². The fourth-order valence-corrected chi connectivity index (χ4v) is 3.50. The fourth-order valence-electron chi connectivity index (χ4n) is 2.34. The second-order valence-electron chi connectivity index (χ2n) is 5.48. The zero-order valence-electron chi connectivity index (χ0n) is 15.9. The van der Waals surface area contributed by atoms with E-state index in [1.54, 1.807) is 18.7 Å². The molecule has 0 bridgehead atoms. The fraction of sp³-hybridized carbons (Fsp3) is 0.529. The zero-order chi connectivity index (χ0) is 20.6. The van der Waals surface area contributed by atoms with Gasteiger partial charge in [-0.15, -0.1) is 11.3 Å². The molecule has 150 valence electrons. The van der Waals surface area contributed by atoms with Crippen LogP contribution in [-0.4, -0.2) is 60.1 Å². The van der Waals surface area contributed by atoms with Crippen LogP contribution in [0.5, 0.6) is 0 Å². The van der Waals surface area contributed by atoms with Crippen molar-refractivity contribution in [1.82, 2.24) is 10.2 Å². The van der Waals surface area contributed by atoms with Gasteiger partial charge in [0.2, 0.25) is 0 Å². The number of ether oxygens (including phenoxy) is 1. The lowest BCUT2D eigenvalue weighted by Crippen LogP contribution is -2.30. The van der Waals surface area contributed by atoms with Gasteiger partial charge in [-0.25, -0.2) is 9.59 Å². The first-order chi connectivity index (χ1) is 12.8. The minimum atomic E-state index is -1.04. The molecule has 0 aliphatic rings. The smallest absolute Gasteiger partial charge is 0.341 e. The minimum absolute atomic E-state index is 0.0640. The Balaban J connectivity index is 3.15. The number of carbonyl (C=O) groups is 4. The highest BCUT2D eigenvalue weighted by Gasteiger charge is 2.28. The van der Waals surface area contributed by atoms with Crippen molar-refractivity contribution >= 4 is 40.2 Å². The zero-order valence-corrected chi connectivity index (χ0v) is 16.7. The predicted molar refractivity (Wildman–Crippen MR) is 102 cm³/mol. The van der Waals surface area contributed by atoms with Gasteiger partial charge in [-0.1, -0.05) is 0 Å². The molecule has 3 amide bonds. The molecular weight excluding hydrogens is 374 g/mol. The maximum Gasteiger partial charge on any atom is 0.341 e. The van der Waals surface area contributed by atoms with Gasteiger partial charge < -0.3 is 20.1 Å². The third-order valence-corrected chi connectivity index (χ3v) is 4.92. The molecule has 3 N–H and O–H groups in total. The van der Waals surface area contributed by atoms with Crippen LogP contribution < -0.4 is 10.6 Å². The summed E-state index contributed by atoms with van der Waals surface area (Å²) in [6.45, 7) is 8.11. The topological polar surface area (TPSA) is 125 Å². The molecule has 1 aromatic heterocycles. The van der Waals surface area contributed by atoms with Gasteiger partial charge in [0, 0.05) is 19.6 Å². The quantitative estimate of drug-likeness (QED) is 0.547. The molecule has 0 fully saturated rings. The molecule has 0 unspecified atom stereocenters. The van der Waals surface area contributed by atoms with Crippen LogP contribution in [0.1, 0.15) is 52.8 Å². The van der Waals surface area contributed by atoms with Crippen LogP contribution in [0.15, 0.2) is 0 Å². The van der Waals surface area contributed by atoms with Gasteiger partial charge in [0.15, 0.2) is 0 Å².